The molecule has 2 N–H and O–H groups in total. The standard InChI is InChI=1S/C16H14Cl2N2O3/c1-23-11-7-5-10(6-8-11)19-14(21)9-15(22)20-16-12(17)3-2-4-13(16)18/h2-8H,9H2,1H3,(H,19,21)(H,20,22). The monoisotopic (exact) mass is 352 g/mol. The number of anilines is 2. The van der Waals surface area contributed by atoms with E-state index in [1.807, 2.05) is 0 Å². The molecule has 0 aliphatic heterocycles. The molecule has 0 heterocycles. The van der Waals surface area contributed by atoms with E-state index in [2.05, 4.69) is 10.6 Å². The van der Waals surface area contributed by atoms with Gasteiger partial charge in [-0.15, -0.1) is 0 Å². The second-order valence-electron chi connectivity index (χ2n) is 4.60. The number of para-hydroxylation sites is 1. The van der Waals surface area contributed by atoms with Crippen LogP contribution in [0.4, 0.5) is 11.4 Å². The molecule has 0 unspecified atom stereocenters. The molecule has 0 bridgehead atoms. The highest BCUT2D eigenvalue weighted by Crippen LogP contribution is 2.29. The van der Waals surface area contributed by atoms with E-state index in [9.17, 15) is 9.59 Å². The maximum atomic E-state index is 11.9. The maximum Gasteiger partial charge on any atom is 0.233 e. The highest BCUT2D eigenvalue weighted by atomic mass is 35.5. The Kier molecular flexibility index (Phi) is 5.84. The third-order valence-electron chi connectivity index (χ3n) is 2.92. The molecule has 2 rings (SSSR count). The molecule has 2 aromatic carbocycles. The molecular weight excluding hydrogens is 339 g/mol. The average Bonchev–Trinajstić information content (AvgIpc) is 2.51. The van der Waals surface area contributed by atoms with E-state index < -0.39 is 11.8 Å². The van der Waals surface area contributed by atoms with Gasteiger partial charge in [0, 0.05) is 5.69 Å². The van der Waals surface area contributed by atoms with Gasteiger partial charge in [-0.1, -0.05) is 29.3 Å². The van der Waals surface area contributed by atoms with Crippen LogP contribution in [0.2, 0.25) is 10.0 Å². The number of hydrogen-bond acceptors (Lipinski definition) is 3. The number of methoxy groups -OCH3 is 1. The number of hydrogen-bond donors (Lipinski definition) is 2. The number of rotatable bonds is 5. The van der Waals surface area contributed by atoms with E-state index in [-0.39, 0.29) is 12.1 Å². The van der Waals surface area contributed by atoms with Gasteiger partial charge in [0.1, 0.15) is 12.2 Å². The van der Waals surface area contributed by atoms with E-state index >= 15 is 0 Å². The lowest BCUT2D eigenvalue weighted by Gasteiger charge is -2.09. The predicted octanol–water partition coefficient (Wildman–Crippen LogP) is 3.97. The highest BCUT2D eigenvalue weighted by molar-refractivity contribution is 6.39. The van der Waals surface area contributed by atoms with Gasteiger partial charge in [-0.05, 0) is 36.4 Å². The molecule has 0 saturated heterocycles. The molecule has 0 radical (unpaired) electrons. The van der Waals surface area contributed by atoms with Crippen molar-refractivity contribution < 1.29 is 14.3 Å². The summed E-state index contributed by atoms with van der Waals surface area (Å²) in [5, 5.41) is 5.76. The number of carbonyl (C=O) groups excluding carboxylic acids is 2. The smallest absolute Gasteiger partial charge is 0.233 e. The Balaban J connectivity index is 1.93. The lowest BCUT2D eigenvalue weighted by Crippen LogP contribution is -2.21. The Morgan fingerprint density at radius 3 is 2.09 bits per heavy atom. The number of amides is 2. The summed E-state index contributed by atoms with van der Waals surface area (Å²) in [5.41, 5.74) is 0.859. The van der Waals surface area contributed by atoms with E-state index in [1.165, 1.54) is 0 Å². The van der Waals surface area contributed by atoms with Gasteiger partial charge in [0.05, 0.1) is 22.8 Å². The minimum atomic E-state index is -0.508. The van der Waals surface area contributed by atoms with E-state index in [0.717, 1.165) is 0 Å². The largest absolute Gasteiger partial charge is 0.497 e. The van der Waals surface area contributed by atoms with Crippen LogP contribution in [0.15, 0.2) is 42.5 Å². The number of benzene rings is 2. The van der Waals surface area contributed by atoms with Gasteiger partial charge >= 0.3 is 0 Å². The molecular formula is C16H14Cl2N2O3. The molecule has 0 aromatic heterocycles. The predicted molar refractivity (Wildman–Crippen MR) is 91.3 cm³/mol. The van der Waals surface area contributed by atoms with Crippen LogP contribution in [0, 0.1) is 0 Å². The summed E-state index contributed by atoms with van der Waals surface area (Å²) in [7, 11) is 1.55. The fourth-order valence-corrected chi connectivity index (χ4v) is 2.32. The molecule has 0 spiro atoms. The van der Waals surface area contributed by atoms with Crippen molar-refractivity contribution >= 4 is 46.4 Å². The van der Waals surface area contributed by atoms with Crippen LogP contribution in [0.1, 0.15) is 6.42 Å². The van der Waals surface area contributed by atoms with Crippen molar-refractivity contribution in [1.29, 1.82) is 0 Å². The lowest BCUT2D eigenvalue weighted by molar-refractivity contribution is -0.123. The van der Waals surface area contributed by atoms with Gasteiger partial charge in [0.25, 0.3) is 0 Å². The highest BCUT2D eigenvalue weighted by Gasteiger charge is 2.13. The van der Waals surface area contributed by atoms with Crippen molar-refractivity contribution in [2.24, 2.45) is 0 Å². The van der Waals surface area contributed by atoms with Crippen molar-refractivity contribution in [3.63, 3.8) is 0 Å². The lowest BCUT2D eigenvalue weighted by atomic mass is 10.2. The zero-order valence-corrected chi connectivity index (χ0v) is 13.7. The Labute approximate surface area is 143 Å². The van der Waals surface area contributed by atoms with Crippen LogP contribution < -0.4 is 15.4 Å². The topological polar surface area (TPSA) is 67.4 Å². The van der Waals surface area contributed by atoms with Crippen LogP contribution >= 0.6 is 23.2 Å². The quantitative estimate of drug-likeness (QED) is 0.800. The zero-order valence-electron chi connectivity index (χ0n) is 12.2. The second-order valence-corrected chi connectivity index (χ2v) is 5.41. The Hall–Kier alpha value is -2.24. The third-order valence-corrected chi connectivity index (χ3v) is 3.55. The molecule has 2 aromatic rings. The SMILES string of the molecule is COc1ccc(NC(=O)CC(=O)Nc2c(Cl)cccc2Cl)cc1. The average molecular weight is 353 g/mol. The van der Waals surface area contributed by atoms with Crippen molar-refractivity contribution in [2.75, 3.05) is 17.7 Å². The summed E-state index contributed by atoms with van der Waals surface area (Å²) in [5.74, 6) is -0.282. The van der Waals surface area contributed by atoms with Crippen molar-refractivity contribution in [2.45, 2.75) is 6.42 Å². The third kappa shape index (κ3) is 4.87. The summed E-state index contributed by atoms with van der Waals surface area (Å²) < 4.78 is 5.03. The van der Waals surface area contributed by atoms with E-state index in [4.69, 9.17) is 27.9 Å². The summed E-state index contributed by atoms with van der Waals surface area (Å²) in [6.07, 6.45) is -0.354. The Bertz CT molecular complexity index is 698. The molecule has 23 heavy (non-hydrogen) atoms. The summed E-state index contributed by atoms with van der Waals surface area (Å²) in [6, 6.07) is 11.6. The molecule has 2 amide bonds. The summed E-state index contributed by atoms with van der Waals surface area (Å²) in [4.78, 5) is 23.8. The first kappa shape index (κ1) is 17.1. The normalized spacial score (nSPS) is 10.0. The van der Waals surface area contributed by atoms with Crippen LogP contribution in [0.25, 0.3) is 0 Å². The summed E-state index contributed by atoms with van der Waals surface area (Å²) >= 11 is 11.9. The zero-order chi connectivity index (χ0) is 16.8. The van der Waals surface area contributed by atoms with Gasteiger partial charge in [0.2, 0.25) is 11.8 Å². The Morgan fingerprint density at radius 1 is 0.957 bits per heavy atom. The first-order valence-corrected chi connectivity index (χ1v) is 7.43. The molecule has 0 saturated carbocycles. The van der Waals surface area contributed by atoms with Gasteiger partial charge in [-0.2, -0.15) is 0 Å². The number of ether oxygens (including phenoxy) is 1. The molecule has 5 nitrogen and oxygen atoms in total. The van der Waals surface area contributed by atoms with Crippen LogP contribution in [-0.4, -0.2) is 18.9 Å². The van der Waals surface area contributed by atoms with Crippen LogP contribution in [0.5, 0.6) is 5.75 Å². The number of carbonyl (C=O) groups is 2. The first-order chi connectivity index (χ1) is 11.0. The van der Waals surface area contributed by atoms with Crippen LogP contribution in [-0.2, 0) is 9.59 Å². The van der Waals surface area contributed by atoms with E-state index in [0.29, 0.717) is 21.5 Å². The summed E-state index contributed by atoms with van der Waals surface area (Å²) in [6.45, 7) is 0. The fourth-order valence-electron chi connectivity index (χ4n) is 1.83. The molecule has 120 valence electrons. The number of halogens is 2. The molecule has 0 fully saturated rings. The minimum absolute atomic E-state index is 0.290. The number of nitrogens with one attached hydrogen (secondary N) is 2. The molecule has 7 heteroatoms. The van der Waals surface area contributed by atoms with Gasteiger partial charge in [-0.3, -0.25) is 9.59 Å². The molecule has 0 aliphatic rings. The molecule has 0 aliphatic carbocycles. The fraction of sp³-hybridized carbons (Fsp3) is 0.125. The van der Waals surface area contributed by atoms with Crippen LogP contribution in [0.3, 0.4) is 0 Å². The molecule has 0 atom stereocenters. The van der Waals surface area contributed by atoms with Gasteiger partial charge in [-0.25, -0.2) is 0 Å². The Morgan fingerprint density at radius 2 is 1.52 bits per heavy atom. The first-order valence-electron chi connectivity index (χ1n) is 6.67. The van der Waals surface area contributed by atoms with E-state index in [1.54, 1.807) is 49.6 Å². The van der Waals surface area contributed by atoms with Gasteiger partial charge in [0.15, 0.2) is 0 Å². The minimum Gasteiger partial charge on any atom is -0.497 e. The van der Waals surface area contributed by atoms with Crippen molar-refractivity contribution in [1.82, 2.24) is 0 Å². The van der Waals surface area contributed by atoms with Crippen molar-refractivity contribution in [3.05, 3.63) is 52.5 Å². The van der Waals surface area contributed by atoms with Gasteiger partial charge < -0.3 is 15.4 Å². The second kappa shape index (κ2) is 7.85. The maximum absolute atomic E-state index is 11.9. The van der Waals surface area contributed by atoms with Crippen molar-refractivity contribution in [3.8, 4) is 5.75 Å².